The molecule has 0 spiro atoms. The summed E-state index contributed by atoms with van der Waals surface area (Å²) in [6, 6.07) is 5.90. The normalized spacial score (nSPS) is 24.0. The van der Waals surface area contributed by atoms with Crippen LogP contribution in [0, 0.1) is 22.0 Å². The van der Waals surface area contributed by atoms with Crippen LogP contribution in [0.5, 0.6) is 0 Å². The highest BCUT2D eigenvalue weighted by molar-refractivity contribution is 6.73. The Hall–Kier alpha value is -3.63. The fourth-order valence-electron chi connectivity index (χ4n) is 6.81. The average molecular weight is 669 g/mol. The lowest BCUT2D eigenvalue weighted by atomic mass is 9.77. The molecule has 0 radical (unpaired) electrons. The van der Waals surface area contributed by atoms with E-state index in [1.807, 2.05) is 19.2 Å². The number of hydrogen-bond acceptors (Lipinski definition) is 9. The minimum Gasteiger partial charge on any atom is -0.413 e. The summed E-state index contributed by atoms with van der Waals surface area (Å²) in [4.78, 5) is 65.1. The zero-order valence-electron chi connectivity index (χ0n) is 26.4. The van der Waals surface area contributed by atoms with E-state index >= 15 is 0 Å². The van der Waals surface area contributed by atoms with Crippen molar-refractivity contribution in [3.8, 4) is 0 Å². The Bertz CT molecular complexity index is 1410. The van der Waals surface area contributed by atoms with Gasteiger partial charge in [0.25, 0.3) is 5.69 Å². The minimum atomic E-state index is -5.02. The van der Waals surface area contributed by atoms with Gasteiger partial charge < -0.3 is 19.4 Å². The molecule has 0 saturated carbocycles. The van der Waals surface area contributed by atoms with E-state index in [4.69, 9.17) is 9.16 Å². The summed E-state index contributed by atoms with van der Waals surface area (Å²) in [7, 11) is -2.10. The van der Waals surface area contributed by atoms with Gasteiger partial charge in [0.2, 0.25) is 5.91 Å². The smallest absolute Gasteiger partial charge is 0.413 e. The zero-order chi connectivity index (χ0) is 34.1. The average Bonchev–Trinajstić information content (AvgIpc) is 3.55. The summed E-state index contributed by atoms with van der Waals surface area (Å²) in [5, 5.41) is 13.0. The number of ether oxygens (including phenoxy) is 1. The molecule has 1 aromatic rings. The van der Waals surface area contributed by atoms with Crippen LogP contribution < -0.4 is 5.32 Å². The van der Waals surface area contributed by atoms with E-state index in [1.54, 1.807) is 4.90 Å². The Labute approximate surface area is 265 Å². The Morgan fingerprint density at radius 1 is 1.11 bits per heavy atom. The number of halogens is 3. The molecular formula is C30H39F3N4O8Si. The van der Waals surface area contributed by atoms with E-state index in [-0.39, 0.29) is 48.3 Å². The third kappa shape index (κ3) is 6.88. The van der Waals surface area contributed by atoms with E-state index < -0.39 is 61.4 Å². The number of carbonyl (C=O) groups is 4. The van der Waals surface area contributed by atoms with Gasteiger partial charge in [-0.3, -0.25) is 24.6 Å². The highest BCUT2D eigenvalue weighted by Crippen LogP contribution is 2.49. The number of nitrogens with zero attached hydrogens (tertiary/aromatic N) is 3. The summed E-state index contributed by atoms with van der Waals surface area (Å²) >= 11 is 0. The van der Waals surface area contributed by atoms with Crippen LogP contribution in [0.2, 0.25) is 18.1 Å². The van der Waals surface area contributed by atoms with Crippen LogP contribution in [0.1, 0.15) is 51.4 Å². The van der Waals surface area contributed by atoms with Gasteiger partial charge in [0, 0.05) is 43.7 Å². The highest BCUT2D eigenvalue weighted by atomic mass is 28.4. The quantitative estimate of drug-likeness (QED) is 0.0865. The molecule has 1 N–H and O–H groups in total. The van der Waals surface area contributed by atoms with Gasteiger partial charge in [-0.2, -0.15) is 13.2 Å². The molecule has 2 amide bonds. The second-order valence-corrected chi connectivity index (χ2v) is 16.8. The van der Waals surface area contributed by atoms with Crippen molar-refractivity contribution in [1.29, 1.82) is 0 Å². The number of amides is 2. The van der Waals surface area contributed by atoms with Crippen molar-refractivity contribution in [3.05, 3.63) is 51.2 Å². The lowest BCUT2D eigenvalue weighted by Crippen LogP contribution is -2.65. The SMILES string of the molecule is CC[Si](CC)(CC)O[C@H](C)[C@H]1C(=O)N2C(C(=O)OC(=O)c3ccc([N+](=O)[O-])cc3)=C(CN3CC[C@H](NC(=O)C(F)(F)F)C3)[C@H](C)[C@H]12. The number of fused-ring (bicyclic) bond motifs is 1. The number of β-lactam (4-membered cyclic amide) rings is 1. The third-order valence-corrected chi connectivity index (χ3v) is 14.4. The maximum absolute atomic E-state index is 13.7. The predicted octanol–water partition coefficient (Wildman–Crippen LogP) is 4.17. The van der Waals surface area contributed by atoms with Gasteiger partial charge in [-0.1, -0.05) is 27.7 Å². The minimum absolute atomic E-state index is 0.0846. The number of nitrogens with one attached hydrogen (secondary N) is 1. The van der Waals surface area contributed by atoms with E-state index in [9.17, 15) is 42.5 Å². The van der Waals surface area contributed by atoms with Crippen molar-refractivity contribution in [3.63, 3.8) is 0 Å². The number of nitro benzene ring substituents is 1. The Morgan fingerprint density at radius 3 is 2.26 bits per heavy atom. The molecule has 0 aromatic heterocycles. The van der Waals surface area contributed by atoms with Crippen LogP contribution in [0.3, 0.4) is 0 Å². The Balaban J connectivity index is 1.59. The number of likely N-dealkylation sites (tertiary alicyclic amines) is 1. The van der Waals surface area contributed by atoms with Gasteiger partial charge in [-0.05, 0) is 49.2 Å². The number of hydrogen-bond donors (Lipinski definition) is 1. The molecule has 3 aliphatic rings. The molecule has 0 unspecified atom stereocenters. The maximum Gasteiger partial charge on any atom is 0.471 e. The molecule has 2 fully saturated rings. The lowest BCUT2D eigenvalue weighted by molar-refractivity contribution is -0.384. The van der Waals surface area contributed by atoms with Crippen LogP contribution in [0.15, 0.2) is 35.5 Å². The first-order valence-electron chi connectivity index (χ1n) is 15.4. The molecule has 0 bridgehead atoms. The first-order valence-corrected chi connectivity index (χ1v) is 17.9. The van der Waals surface area contributed by atoms with Crippen molar-refractivity contribution in [2.24, 2.45) is 11.8 Å². The van der Waals surface area contributed by atoms with Gasteiger partial charge >= 0.3 is 24.0 Å². The molecule has 12 nitrogen and oxygen atoms in total. The molecule has 2 saturated heterocycles. The monoisotopic (exact) mass is 668 g/mol. The fourth-order valence-corrected chi connectivity index (χ4v) is 9.75. The van der Waals surface area contributed by atoms with Gasteiger partial charge in [0.05, 0.1) is 28.6 Å². The van der Waals surface area contributed by atoms with Crippen LogP contribution in [0.25, 0.3) is 0 Å². The van der Waals surface area contributed by atoms with Gasteiger partial charge in [0.1, 0.15) is 5.70 Å². The number of benzene rings is 1. The molecule has 5 atom stereocenters. The van der Waals surface area contributed by atoms with E-state index in [0.29, 0.717) is 12.1 Å². The number of nitro groups is 1. The molecule has 252 valence electrons. The van der Waals surface area contributed by atoms with Crippen molar-refractivity contribution < 1.29 is 46.4 Å². The first-order chi connectivity index (χ1) is 21.6. The predicted molar refractivity (Wildman–Crippen MR) is 161 cm³/mol. The maximum atomic E-state index is 13.7. The molecule has 4 rings (SSSR count). The topological polar surface area (TPSA) is 148 Å². The molecular weight excluding hydrogens is 629 g/mol. The summed E-state index contributed by atoms with van der Waals surface area (Å²) in [5.41, 5.74) is 0.0168. The van der Waals surface area contributed by atoms with Gasteiger partial charge in [0.15, 0.2) is 8.32 Å². The van der Waals surface area contributed by atoms with Crippen LogP contribution in [0.4, 0.5) is 18.9 Å². The van der Waals surface area contributed by atoms with Crippen molar-refractivity contribution in [2.45, 2.75) is 83.5 Å². The largest absolute Gasteiger partial charge is 0.471 e. The number of esters is 2. The summed E-state index contributed by atoms with van der Waals surface area (Å²) in [6.45, 7) is 10.4. The molecule has 3 aliphatic heterocycles. The zero-order valence-corrected chi connectivity index (χ0v) is 27.4. The van der Waals surface area contributed by atoms with E-state index in [2.05, 4.69) is 20.8 Å². The van der Waals surface area contributed by atoms with E-state index in [0.717, 1.165) is 42.4 Å². The van der Waals surface area contributed by atoms with Gasteiger partial charge in [-0.25, -0.2) is 9.59 Å². The Kier molecular flexibility index (Phi) is 10.4. The molecule has 1 aromatic carbocycles. The summed E-state index contributed by atoms with van der Waals surface area (Å²) in [6.07, 6.45) is -5.20. The second-order valence-electron chi connectivity index (χ2n) is 12.1. The number of rotatable bonds is 12. The molecule has 3 heterocycles. The Morgan fingerprint density at radius 2 is 1.72 bits per heavy atom. The van der Waals surface area contributed by atoms with Crippen LogP contribution in [-0.2, 0) is 23.5 Å². The summed E-state index contributed by atoms with van der Waals surface area (Å²) < 4.78 is 50.2. The molecule has 0 aliphatic carbocycles. The highest BCUT2D eigenvalue weighted by Gasteiger charge is 2.61. The first kappa shape index (κ1) is 35.2. The summed E-state index contributed by atoms with van der Waals surface area (Å²) in [5.74, 6) is -5.46. The lowest BCUT2D eigenvalue weighted by Gasteiger charge is -2.49. The van der Waals surface area contributed by atoms with Crippen molar-refractivity contribution in [1.82, 2.24) is 15.1 Å². The number of alkyl halides is 3. The standard InChI is InChI=1S/C30H39F3N4O8Si/c1-6-46(7-2,8-3)45-18(5)23-24-17(4)22(16-35-14-13-20(15-35)34-29(41)30(31,32)33)25(36(24)26(23)38)28(40)44-27(39)19-9-11-21(12-10-19)37(42)43/h9-12,17-18,20,23-24H,6-8,13-16H2,1-5H3,(H,34,41)/t17-,18+,20-,23+,24+/m0/s1. The molecule has 46 heavy (non-hydrogen) atoms. The van der Waals surface area contributed by atoms with Crippen LogP contribution >= 0.6 is 0 Å². The van der Waals surface area contributed by atoms with Gasteiger partial charge in [-0.15, -0.1) is 0 Å². The number of carbonyl (C=O) groups excluding carboxylic acids is 4. The van der Waals surface area contributed by atoms with Crippen molar-refractivity contribution in [2.75, 3.05) is 19.6 Å². The van der Waals surface area contributed by atoms with Crippen LogP contribution in [-0.4, -0.2) is 90.8 Å². The fraction of sp³-hybridized carbons (Fsp3) is 0.600. The van der Waals surface area contributed by atoms with Crippen molar-refractivity contribution >= 4 is 37.8 Å². The second kappa shape index (κ2) is 13.6. The number of non-ortho nitro benzene ring substituents is 1. The third-order valence-electron chi connectivity index (χ3n) is 9.62. The van der Waals surface area contributed by atoms with E-state index in [1.165, 1.54) is 4.90 Å². The molecule has 16 heteroatoms.